The van der Waals surface area contributed by atoms with E-state index in [2.05, 4.69) is 28.5 Å². The average Bonchev–Trinajstić information content (AvgIpc) is 3.30. The highest BCUT2D eigenvalue weighted by molar-refractivity contribution is 7.16. The predicted molar refractivity (Wildman–Crippen MR) is 121 cm³/mol. The van der Waals surface area contributed by atoms with E-state index < -0.39 is 0 Å². The Balaban J connectivity index is 1.24. The number of imidazole rings is 1. The Kier molecular flexibility index (Phi) is 5.50. The van der Waals surface area contributed by atoms with Gasteiger partial charge in [-0.25, -0.2) is 4.98 Å². The van der Waals surface area contributed by atoms with Crippen LogP contribution in [-0.2, 0) is 29.1 Å². The van der Waals surface area contributed by atoms with Gasteiger partial charge in [0.25, 0.3) is 0 Å². The molecule has 0 spiro atoms. The zero-order chi connectivity index (χ0) is 22.1. The van der Waals surface area contributed by atoms with Gasteiger partial charge in [0.1, 0.15) is 11.1 Å². The van der Waals surface area contributed by atoms with Crippen molar-refractivity contribution in [2.45, 2.75) is 38.3 Å². The number of fused-ring (bicyclic) bond motifs is 1. The molecule has 1 aromatic carbocycles. The van der Waals surface area contributed by atoms with Crippen molar-refractivity contribution in [3.05, 3.63) is 70.6 Å². The Morgan fingerprint density at radius 1 is 1.28 bits per heavy atom. The topological polar surface area (TPSA) is 91.0 Å². The summed E-state index contributed by atoms with van der Waals surface area (Å²) in [4.78, 5) is 32.3. The molecule has 2 amide bonds. The molecule has 3 heterocycles. The van der Waals surface area contributed by atoms with Crippen molar-refractivity contribution in [1.82, 2.24) is 14.5 Å². The summed E-state index contributed by atoms with van der Waals surface area (Å²) in [7, 11) is 0. The molecule has 2 aromatic heterocycles. The van der Waals surface area contributed by atoms with Crippen molar-refractivity contribution in [1.29, 1.82) is 5.26 Å². The molecule has 3 aromatic rings. The minimum atomic E-state index is -0.0516. The largest absolute Gasteiger partial charge is 0.337 e. The molecule has 0 bridgehead atoms. The van der Waals surface area contributed by atoms with Gasteiger partial charge in [0.05, 0.1) is 18.4 Å². The molecule has 5 rings (SSSR count). The molecule has 162 valence electrons. The zero-order valence-electron chi connectivity index (χ0n) is 17.5. The Labute approximate surface area is 190 Å². The lowest BCUT2D eigenvalue weighted by Gasteiger charge is -2.27. The third-order valence-corrected chi connectivity index (χ3v) is 7.39. The second-order valence-corrected chi connectivity index (χ2v) is 9.39. The quantitative estimate of drug-likeness (QED) is 0.628. The van der Waals surface area contributed by atoms with Crippen LogP contribution in [-0.4, -0.2) is 32.8 Å². The zero-order valence-corrected chi connectivity index (χ0v) is 18.3. The smallest absolute Gasteiger partial charge is 0.228 e. The average molecular weight is 446 g/mol. The minimum absolute atomic E-state index is 0.0257. The number of benzene rings is 1. The van der Waals surface area contributed by atoms with E-state index in [0.29, 0.717) is 43.0 Å². The first-order valence-corrected chi connectivity index (χ1v) is 11.6. The first-order chi connectivity index (χ1) is 15.6. The van der Waals surface area contributed by atoms with Gasteiger partial charge >= 0.3 is 0 Å². The number of nitriles is 1. The molecule has 8 heteroatoms. The molecular formula is C24H23N5O2S. The van der Waals surface area contributed by atoms with Crippen LogP contribution in [0.4, 0.5) is 5.00 Å². The molecule has 2 unspecified atom stereocenters. The second kappa shape index (κ2) is 8.60. The third-order valence-electron chi connectivity index (χ3n) is 6.26. The van der Waals surface area contributed by atoms with Crippen molar-refractivity contribution >= 4 is 28.2 Å². The summed E-state index contributed by atoms with van der Waals surface area (Å²) in [5, 5.41) is 13.4. The van der Waals surface area contributed by atoms with Crippen molar-refractivity contribution in [2.75, 3.05) is 11.9 Å². The summed E-state index contributed by atoms with van der Waals surface area (Å²) in [5.74, 6) is 0.261. The number of aromatic nitrogens is 2. The van der Waals surface area contributed by atoms with Crippen LogP contribution >= 0.6 is 11.3 Å². The lowest BCUT2D eigenvalue weighted by Crippen LogP contribution is -2.35. The summed E-state index contributed by atoms with van der Waals surface area (Å²) < 4.78 is 1.89. The molecule has 1 fully saturated rings. The molecule has 1 saturated carbocycles. The van der Waals surface area contributed by atoms with Gasteiger partial charge in [-0.05, 0) is 29.9 Å². The number of hydrogen-bond donors (Lipinski definition) is 1. The number of nitrogens with zero attached hydrogens (tertiary/aromatic N) is 4. The van der Waals surface area contributed by atoms with Crippen LogP contribution in [0.3, 0.4) is 0 Å². The van der Waals surface area contributed by atoms with Gasteiger partial charge in [-0.1, -0.05) is 30.3 Å². The number of nitrogens with one attached hydrogen (secondary N) is 1. The van der Waals surface area contributed by atoms with Crippen molar-refractivity contribution in [3.63, 3.8) is 0 Å². The second-order valence-electron chi connectivity index (χ2n) is 8.28. The molecule has 2 atom stereocenters. The van der Waals surface area contributed by atoms with E-state index in [1.807, 2.05) is 33.9 Å². The van der Waals surface area contributed by atoms with E-state index in [1.165, 1.54) is 16.9 Å². The summed E-state index contributed by atoms with van der Waals surface area (Å²) in [5.41, 5.74) is 2.71. The number of aryl methyl sites for hydroxylation is 1. The molecule has 2 aliphatic rings. The van der Waals surface area contributed by atoms with Crippen LogP contribution in [0.25, 0.3) is 0 Å². The summed E-state index contributed by atoms with van der Waals surface area (Å²) in [6.07, 6.45) is 7.13. The fourth-order valence-corrected chi connectivity index (χ4v) is 5.60. The number of thiophene rings is 1. The Morgan fingerprint density at radius 2 is 2.12 bits per heavy atom. The van der Waals surface area contributed by atoms with Crippen LogP contribution in [0.15, 0.2) is 49.1 Å². The standard InChI is InChI=1S/C24H23N5O2S/c25-13-20-17-6-10-29(22(30)7-9-28-11-8-26-15-28)14-21(17)32-24(20)27-23(31)19-12-18(19)16-4-2-1-3-5-16/h1-5,8,11,15,18-19H,6-7,9-10,12,14H2,(H,27,31). The highest BCUT2D eigenvalue weighted by Gasteiger charge is 2.44. The van der Waals surface area contributed by atoms with Gasteiger partial charge < -0.3 is 14.8 Å². The van der Waals surface area contributed by atoms with Gasteiger partial charge in [-0.15, -0.1) is 11.3 Å². The van der Waals surface area contributed by atoms with Gasteiger partial charge in [0.15, 0.2) is 0 Å². The fraction of sp³-hybridized carbons (Fsp3) is 0.333. The van der Waals surface area contributed by atoms with E-state index in [4.69, 9.17) is 0 Å². The summed E-state index contributed by atoms with van der Waals surface area (Å²) in [6.45, 7) is 1.68. The molecule has 1 aliphatic heterocycles. The Hall–Kier alpha value is -3.44. The number of carbonyl (C=O) groups is 2. The highest BCUT2D eigenvalue weighted by Crippen LogP contribution is 2.48. The van der Waals surface area contributed by atoms with E-state index in [-0.39, 0.29) is 23.7 Å². The van der Waals surface area contributed by atoms with Crippen LogP contribution in [0.2, 0.25) is 0 Å². The summed E-state index contributed by atoms with van der Waals surface area (Å²) in [6, 6.07) is 12.4. The number of amides is 2. The van der Waals surface area contributed by atoms with Crippen molar-refractivity contribution < 1.29 is 9.59 Å². The predicted octanol–water partition coefficient (Wildman–Crippen LogP) is 3.53. The molecule has 0 radical (unpaired) electrons. The summed E-state index contributed by atoms with van der Waals surface area (Å²) >= 11 is 1.43. The number of anilines is 1. The minimum Gasteiger partial charge on any atom is -0.337 e. The Bertz CT molecular complexity index is 1180. The van der Waals surface area contributed by atoms with Crippen molar-refractivity contribution in [3.8, 4) is 6.07 Å². The van der Waals surface area contributed by atoms with E-state index >= 15 is 0 Å². The van der Waals surface area contributed by atoms with Crippen LogP contribution in [0, 0.1) is 17.2 Å². The van der Waals surface area contributed by atoms with Gasteiger partial charge in [-0.2, -0.15) is 5.26 Å². The maximum absolute atomic E-state index is 12.8. The molecule has 1 aliphatic carbocycles. The number of carbonyl (C=O) groups excluding carboxylic acids is 2. The van der Waals surface area contributed by atoms with Crippen LogP contribution in [0.1, 0.15) is 40.3 Å². The van der Waals surface area contributed by atoms with Gasteiger partial charge in [0.2, 0.25) is 11.8 Å². The first kappa shape index (κ1) is 20.5. The monoisotopic (exact) mass is 445 g/mol. The van der Waals surface area contributed by atoms with Crippen molar-refractivity contribution in [2.24, 2.45) is 5.92 Å². The molecule has 0 saturated heterocycles. The van der Waals surface area contributed by atoms with E-state index in [0.717, 1.165) is 16.9 Å². The SMILES string of the molecule is N#Cc1c(NC(=O)C2CC2c2ccccc2)sc2c1CCN(C(=O)CCn1ccnc1)C2. The van der Waals surface area contributed by atoms with E-state index in [1.54, 1.807) is 12.5 Å². The molecule has 7 nitrogen and oxygen atoms in total. The maximum atomic E-state index is 12.8. The third kappa shape index (κ3) is 4.04. The van der Waals surface area contributed by atoms with Gasteiger partial charge in [-0.3, -0.25) is 9.59 Å². The van der Waals surface area contributed by atoms with Crippen LogP contribution in [0.5, 0.6) is 0 Å². The maximum Gasteiger partial charge on any atom is 0.228 e. The molecule has 1 N–H and O–H groups in total. The number of rotatable bonds is 6. The normalized spacial score (nSPS) is 19.2. The molecule has 32 heavy (non-hydrogen) atoms. The number of hydrogen-bond acceptors (Lipinski definition) is 5. The van der Waals surface area contributed by atoms with Gasteiger partial charge in [0, 0.05) is 42.7 Å². The Morgan fingerprint density at radius 3 is 2.88 bits per heavy atom. The lowest BCUT2D eigenvalue weighted by molar-refractivity contribution is -0.132. The highest BCUT2D eigenvalue weighted by atomic mass is 32.1. The molecular weight excluding hydrogens is 422 g/mol. The lowest BCUT2D eigenvalue weighted by atomic mass is 10.0. The van der Waals surface area contributed by atoms with E-state index in [9.17, 15) is 14.9 Å². The van der Waals surface area contributed by atoms with Crippen LogP contribution < -0.4 is 5.32 Å². The fourth-order valence-electron chi connectivity index (χ4n) is 4.38. The first-order valence-electron chi connectivity index (χ1n) is 10.8.